The number of hydrogen-bond donors (Lipinski definition) is 2. The lowest BCUT2D eigenvalue weighted by Crippen LogP contribution is -2.44. The highest BCUT2D eigenvalue weighted by atomic mass is 32.2. The van der Waals surface area contributed by atoms with Crippen LogP contribution in [-0.4, -0.2) is 43.5 Å². The summed E-state index contributed by atoms with van der Waals surface area (Å²) >= 11 is 1.58. The Morgan fingerprint density at radius 1 is 1.36 bits per heavy atom. The van der Waals surface area contributed by atoms with Gasteiger partial charge in [-0.05, 0) is 13.3 Å². The summed E-state index contributed by atoms with van der Waals surface area (Å²) in [5.74, 6) is 1.06. The van der Waals surface area contributed by atoms with Crippen LogP contribution < -0.4 is 10.6 Å². The van der Waals surface area contributed by atoms with Crippen LogP contribution in [0.15, 0.2) is 40.7 Å². The molecule has 0 aliphatic carbocycles. The molecular weight excluding hydrogens is 356 g/mol. The number of aliphatic imine (C=N–C) groups is 1. The molecule has 1 aliphatic rings. The van der Waals surface area contributed by atoms with E-state index in [1.54, 1.807) is 11.3 Å². The first kappa shape index (κ1) is 17.9. The van der Waals surface area contributed by atoms with Gasteiger partial charge in [0.05, 0.1) is 23.7 Å². The van der Waals surface area contributed by atoms with Crippen LogP contribution in [0.1, 0.15) is 18.4 Å². The highest BCUT2D eigenvalue weighted by Gasteiger charge is 2.28. The number of nitrogens with one attached hydrogen (secondary N) is 2. The van der Waals surface area contributed by atoms with E-state index in [1.807, 2.05) is 42.6 Å². The fourth-order valence-electron chi connectivity index (χ4n) is 2.69. The van der Waals surface area contributed by atoms with E-state index < -0.39 is 9.84 Å². The third kappa shape index (κ3) is 5.02. The standard InChI is InChI=1S/C17H22N4O2S2/c1-2-18-17(20-14-8-9-25(22,23)12-14)19-10-16-21-15(11-24-16)13-6-4-3-5-7-13/h3-7,11,14H,2,8-10,12H2,1H3,(H2,18,19,20). The molecule has 1 fully saturated rings. The van der Waals surface area contributed by atoms with Gasteiger partial charge in [-0.1, -0.05) is 30.3 Å². The van der Waals surface area contributed by atoms with Crippen molar-refractivity contribution in [3.05, 3.63) is 40.7 Å². The van der Waals surface area contributed by atoms with Crippen molar-refractivity contribution in [2.75, 3.05) is 18.1 Å². The van der Waals surface area contributed by atoms with Crippen molar-refractivity contribution in [2.45, 2.75) is 25.9 Å². The molecule has 25 heavy (non-hydrogen) atoms. The Labute approximate surface area is 152 Å². The second-order valence-electron chi connectivity index (χ2n) is 5.93. The minimum atomic E-state index is -2.91. The monoisotopic (exact) mass is 378 g/mol. The van der Waals surface area contributed by atoms with Gasteiger partial charge in [0.2, 0.25) is 0 Å². The van der Waals surface area contributed by atoms with Crippen molar-refractivity contribution < 1.29 is 8.42 Å². The van der Waals surface area contributed by atoms with Crippen LogP contribution in [0.5, 0.6) is 0 Å². The summed E-state index contributed by atoms with van der Waals surface area (Å²) in [6.45, 7) is 3.17. The second kappa shape index (κ2) is 7.97. The Balaban J connectivity index is 1.65. The molecule has 1 aliphatic heterocycles. The Bertz CT molecular complexity index is 831. The topological polar surface area (TPSA) is 83.4 Å². The zero-order chi connectivity index (χ0) is 17.7. The fraction of sp³-hybridized carbons (Fsp3) is 0.412. The van der Waals surface area contributed by atoms with Crippen molar-refractivity contribution in [1.82, 2.24) is 15.6 Å². The van der Waals surface area contributed by atoms with E-state index in [2.05, 4.69) is 20.6 Å². The average Bonchev–Trinajstić information content (AvgIpc) is 3.20. The molecule has 1 aromatic carbocycles. The molecule has 2 aromatic rings. The van der Waals surface area contributed by atoms with Crippen molar-refractivity contribution >= 4 is 27.1 Å². The van der Waals surface area contributed by atoms with Gasteiger partial charge in [0, 0.05) is 23.5 Å². The Morgan fingerprint density at radius 3 is 2.84 bits per heavy atom. The Hall–Kier alpha value is -1.93. The predicted molar refractivity (Wildman–Crippen MR) is 103 cm³/mol. The average molecular weight is 379 g/mol. The number of nitrogens with zero attached hydrogens (tertiary/aromatic N) is 2. The Kier molecular flexibility index (Phi) is 5.70. The third-order valence-electron chi connectivity index (χ3n) is 3.91. The fourth-order valence-corrected chi connectivity index (χ4v) is 5.09. The number of aromatic nitrogens is 1. The van der Waals surface area contributed by atoms with Crippen molar-refractivity contribution in [3.8, 4) is 11.3 Å². The van der Waals surface area contributed by atoms with Gasteiger partial charge in [-0.3, -0.25) is 0 Å². The summed E-state index contributed by atoms with van der Waals surface area (Å²) < 4.78 is 23.2. The number of guanidine groups is 1. The zero-order valence-electron chi connectivity index (χ0n) is 14.1. The zero-order valence-corrected chi connectivity index (χ0v) is 15.7. The summed E-state index contributed by atoms with van der Waals surface area (Å²) in [5.41, 5.74) is 2.05. The van der Waals surface area contributed by atoms with Crippen LogP contribution in [0, 0.1) is 0 Å². The molecule has 0 radical (unpaired) electrons. The first-order chi connectivity index (χ1) is 12.1. The summed E-state index contributed by atoms with van der Waals surface area (Å²) in [4.78, 5) is 9.18. The molecule has 0 bridgehead atoms. The van der Waals surface area contributed by atoms with E-state index in [9.17, 15) is 8.42 Å². The summed E-state index contributed by atoms with van der Waals surface area (Å²) in [7, 11) is -2.91. The van der Waals surface area contributed by atoms with Gasteiger partial charge in [0.25, 0.3) is 0 Å². The van der Waals surface area contributed by atoms with Gasteiger partial charge < -0.3 is 10.6 Å². The third-order valence-corrected chi connectivity index (χ3v) is 6.51. The molecule has 2 heterocycles. The minimum Gasteiger partial charge on any atom is -0.357 e. The lowest BCUT2D eigenvalue weighted by molar-refractivity contribution is 0.599. The molecule has 2 N–H and O–H groups in total. The molecule has 3 rings (SSSR count). The lowest BCUT2D eigenvalue weighted by atomic mass is 10.2. The lowest BCUT2D eigenvalue weighted by Gasteiger charge is -2.15. The first-order valence-electron chi connectivity index (χ1n) is 8.31. The largest absolute Gasteiger partial charge is 0.357 e. The molecule has 1 aromatic heterocycles. The van der Waals surface area contributed by atoms with Gasteiger partial charge >= 0.3 is 0 Å². The SMILES string of the molecule is CCNC(=NCc1nc(-c2ccccc2)cs1)NC1CCS(=O)(=O)C1. The van der Waals surface area contributed by atoms with E-state index in [4.69, 9.17) is 0 Å². The van der Waals surface area contributed by atoms with Gasteiger partial charge in [-0.2, -0.15) is 0 Å². The molecule has 134 valence electrons. The van der Waals surface area contributed by atoms with E-state index in [1.165, 1.54) is 0 Å². The number of thiazole rings is 1. The second-order valence-corrected chi connectivity index (χ2v) is 9.10. The molecule has 1 saturated heterocycles. The van der Waals surface area contributed by atoms with Crippen molar-refractivity contribution in [2.24, 2.45) is 4.99 Å². The van der Waals surface area contributed by atoms with Crippen LogP contribution in [0.4, 0.5) is 0 Å². The normalized spacial score (nSPS) is 19.7. The van der Waals surface area contributed by atoms with Crippen LogP contribution in [-0.2, 0) is 16.4 Å². The molecule has 1 atom stereocenters. The molecule has 0 saturated carbocycles. The van der Waals surface area contributed by atoms with Gasteiger partial charge in [0.15, 0.2) is 15.8 Å². The van der Waals surface area contributed by atoms with E-state index in [0.717, 1.165) is 22.8 Å². The first-order valence-corrected chi connectivity index (χ1v) is 11.0. The molecular formula is C17H22N4O2S2. The summed E-state index contributed by atoms with van der Waals surface area (Å²) in [6.07, 6.45) is 0.627. The highest BCUT2D eigenvalue weighted by Crippen LogP contribution is 2.21. The number of hydrogen-bond acceptors (Lipinski definition) is 5. The highest BCUT2D eigenvalue weighted by molar-refractivity contribution is 7.91. The summed E-state index contributed by atoms with van der Waals surface area (Å²) in [6, 6.07) is 9.98. The van der Waals surface area contributed by atoms with Gasteiger partial charge in [-0.15, -0.1) is 11.3 Å². The molecule has 0 amide bonds. The maximum Gasteiger partial charge on any atom is 0.191 e. The number of rotatable bonds is 5. The van der Waals surface area contributed by atoms with Crippen LogP contribution in [0.2, 0.25) is 0 Å². The van der Waals surface area contributed by atoms with E-state index in [-0.39, 0.29) is 17.5 Å². The maximum absolute atomic E-state index is 11.6. The molecule has 1 unspecified atom stereocenters. The van der Waals surface area contributed by atoms with Crippen LogP contribution in [0.3, 0.4) is 0 Å². The smallest absolute Gasteiger partial charge is 0.191 e. The van der Waals surface area contributed by atoms with Crippen molar-refractivity contribution in [3.63, 3.8) is 0 Å². The number of benzene rings is 1. The molecule has 0 spiro atoms. The van der Waals surface area contributed by atoms with Crippen LogP contribution >= 0.6 is 11.3 Å². The predicted octanol–water partition coefficient (Wildman–Crippen LogP) is 2.05. The minimum absolute atomic E-state index is 0.0704. The van der Waals surface area contributed by atoms with E-state index in [0.29, 0.717) is 18.9 Å². The van der Waals surface area contributed by atoms with E-state index >= 15 is 0 Å². The molecule has 8 heteroatoms. The molecule has 6 nitrogen and oxygen atoms in total. The van der Waals surface area contributed by atoms with Gasteiger partial charge in [0.1, 0.15) is 5.01 Å². The number of sulfone groups is 1. The quantitative estimate of drug-likeness (QED) is 0.615. The van der Waals surface area contributed by atoms with Crippen molar-refractivity contribution in [1.29, 1.82) is 0 Å². The Morgan fingerprint density at radius 2 is 2.16 bits per heavy atom. The van der Waals surface area contributed by atoms with Gasteiger partial charge in [-0.25, -0.2) is 18.4 Å². The summed E-state index contributed by atoms with van der Waals surface area (Å²) in [5, 5.41) is 9.34. The maximum atomic E-state index is 11.6. The van der Waals surface area contributed by atoms with Crippen LogP contribution in [0.25, 0.3) is 11.3 Å².